The first-order valence-electron chi connectivity index (χ1n) is 7.95. The molecule has 0 radical (unpaired) electrons. The summed E-state index contributed by atoms with van der Waals surface area (Å²) >= 11 is 6.76. The fourth-order valence-corrected chi connectivity index (χ4v) is 3.52. The lowest BCUT2D eigenvalue weighted by molar-refractivity contribution is -0.139. The zero-order valence-electron chi connectivity index (χ0n) is 14.5. The number of benzene rings is 2. The van der Waals surface area contributed by atoms with E-state index in [1.807, 2.05) is 0 Å². The highest BCUT2D eigenvalue weighted by molar-refractivity contribution is 8.19. The van der Waals surface area contributed by atoms with Crippen LogP contribution in [-0.2, 0) is 9.59 Å². The molecule has 0 bridgehead atoms. The number of rotatable bonds is 6. The van der Waals surface area contributed by atoms with E-state index in [9.17, 15) is 14.4 Å². The predicted octanol–water partition coefficient (Wildman–Crippen LogP) is 4.05. The fraction of sp³-hybridized carbons (Fsp3) is 0.105. The number of carbonyl (C=O) groups is 3. The van der Waals surface area contributed by atoms with Crippen molar-refractivity contribution in [1.82, 2.24) is 0 Å². The normalized spacial score (nSPS) is 15.2. The number of thioether (sulfide) groups is 1. The molecule has 0 atom stereocenters. The number of nitrogens with zero attached hydrogens (tertiary/aromatic N) is 1. The summed E-state index contributed by atoms with van der Waals surface area (Å²) in [5.41, 5.74) is 0.990. The number of amides is 2. The third-order valence-corrected chi connectivity index (χ3v) is 4.80. The summed E-state index contributed by atoms with van der Waals surface area (Å²) in [4.78, 5) is 36.9. The van der Waals surface area contributed by atoms with Gasteiger partial charge in [-0.25, -0.2) is 9.69 Å². The number of aliphatic carboxylic acids is 1. The minimum atomic E-state index is -1.11. The van der Waals surface area contributed by atoms with Crippen LogP contribution in [0.2, 0.25) is 5.02 Å². The molecule has 1 heterocycles. The fourth-order valence-electron chi connectivity index (χ4n) is 2.49. The van der Waals surface area contributed by atoms with Crippen LogP contribution in [0.1, 0.15) is 5.56 Å². The standard InChI is InChI=1S/C19H14ClNO6S/c1-26-15-7-11(5-6-14(15)27-10-17(22)23)8-16-18(24)21(19(25)28-16)13-4-2-3-12(20)9-13/h2-9H,10H2,1H3,(H,22,23)/b16-8-. The second-order valence-corrected chi connectivity index (χ2v) is 7.02. The van der Waals surface area contributed by atoms with Crippen LogP contribution in [0, 0.1) is 0 Å². The van der Waals surface area contributed by atoms with Crippen molar-refractivity contribution in [2.75, 3.05) is 18.6 Å². The van der Waals surface area contributed by atoms with Gasteiger partial charge in [0.1, 0.15) is 0 Å². The smallest absolute Gasteiger partial charge is 0.341 e. The van der Waals surface area contributed by atoms with E-state index in [2.05, 4.69) is 0 Å². The molecule has 1 aliphatic heterocycles. The van der Waals surface area contributed by atoms with Crippen molar-refractivity contribution in [3.63, 3.8) is 0 Å². The SMILES string of the molecule is COc1cc(/C=C2\SC(=O)N(c3cccc(Cl)c3)C2=O)ccc1OCC(=O)O. The molecule has 2 aromatic carbocycles. The highest BCUT2D eigenvalue weighted by atomic mass is 35.5. The number of hydrogen-bond donors (Lipinski definition) is 1. The molecule has 1 saturated heterocycles. The molecule has 0 aliphatic carbocycles. The van der Waals surface area contributed by atoms with E-state index in [1.54, 1.807) is 42.5 Å². The topological polar surface area (TPSA) is 93.1 Å². The van der Waals surface area contributed by atoms with Crippen LogP contribution < -0.4 is 14.4 Å². The molecule has 2 amide bonds. The number of halogens is 1. The Morgan fingerprint density at radius 2 is 2.00 bits per heavy atom. The predicted molar refractivity (Wildman–Crippen MR) is 106 cm³/mol. The Bertz CT molecular complexity index is 990. The van der Waals surface area contributed by atoms with Crippen LogP contribution in [0.15, 0.2) is 47.4 Å². The Hall–Kier alpha value is -2.97. The molecule has 1 aliphatic rings. The molecule has 0 saturated carbocycles. The van der Waals surface area contributed by atoms with E-state index in [-0.39, 0.29) is 10.7 Å². The lowest BCUT2D eigenvalue weighted by Crippen LogP contribution is -2.27. The molecule has 28 heavy (non-hydrogen) atoms. The van der Waals surface area contributed by atoms with Gasteiger partial charge in [-0.3, -0.25) is 9.59 Å². The lowest BCUT2D eigenvalue weighted by Gasteiger charge is -2.12. The van der Waals surface area contributed by atoms with E-state index in [4.69, 9.17) is 26.2 Å². The van der Waals surface area contributed by atoms with Crippen LogP contribution in [0.25, 0.3) is 6.08 Å². The molecule has 0 spiro atoms. The largest absolute Gasteiger partial charge is 0.493 e. The summed E-state index contributed by atoms with van der Waals surface area (Å²) < 4.78 is 10.3. The van der Waals surface area contributed by atoms with Crippen molar-refractivity contribution in [2.24, 2.45) is 0 Å². The lowest BCUT2D eigenvalue weighted by atomic mass is 10.2. The van der Waals surface area contributed by atoms with E-state index in [0.29, 0.717) is 22.0 Å². The second-order valence-electron chi connectivity index (χ2n) is 5.59. The van der Waals surface area contributed by atoms with Crippen LogP contribution in [-0.4, -0.2) is 35.9 Å². The maximum atomic E-state index is 12.7. The Labute approximate surface area is 169 Å². The van der Waals surface area contributed by atoms with Crippen molar-refractivity contribution in [2.45, 2.75) is 0 Å². The third-order valence-electron chi connectivity index (χ3n) is 3.70. The molecular weight excluding hydrogens is 406 g/mol. The van der Waals surface area contributed by atoms with Crippen molar-refractivity contribution >= 4 is 52.2 Å². The van der Waals surface area contributed by atoms with Gasteiger partial charge < -0.3 is 14.6 Å². The quantitative estimate of drug-likeness (QED) is 0.706. The molecule has 7 nitrogen and oxygen atoms in total. The zero-order valence-corrected chi connectivity index (χ0v) is 16.1. The third kappa shape index (κ3) is 4.29. The van der Waals surface area contributed by atoms with Gasteiger partial charge in [-0.1, -0.05) is 23.7 Å². The highest BCUT2D eigenvalue weighted by Crippen LogP contribution is 2.37. The summed E-state index contributed by atoms with van der Waals surface area (Å²) in [6.07, 6.45) is 1.55. The molecule has 3 rings (SSSR count). The molecule has 144 valence electrons. The Balaban J connectivity index is 1.86. The number of methoxy groups -OCH3 is 1. The Morgan fingerprint density at radius 3 is 2.68 bits per heavy atom. The van der Waals surface area contributed by atoms with E-state index < -0.39 is 23.7 Å². The van der Waals surface area contributed by atoms with Crippen molar-refractivity contribution in [1.29, 1.82) is 0 Å². The van der Waals surface area contributed by atoms with Gasteiger partial charge in [0.05, 0.1) is 17.7 Å². The van der Waals surface area contributed by atoms with Crippen molar-refractivity contribution in [3.8, 4) is 11.5 Å². The summed E-state index contributed by atoms with van der Waals surface area (Å²) in [6.45, 7) is -0.506. The van der Waals surface area contributed by atoms with Gasteiger partial charge >= 0.3 is 5.97 Å². The zero-order chi connectivity index (χ0) is 20.3. The van der Waals surface area contributed by atoms with Gasteiger partial charge in [0.15, 0.2) is 18.1 Å². The summed E-state index contributed by atoms with van der Waals surface area (Å²) in [5.74, 6) is -0.999. The monoisotopic (exact) mass is 419 g/mol. The molecule has 0 unspecified atom stereocenters. The molecule has 0 aromatic heterocycles. The molecule has 1 N–H and O–H groups in total. The Kier molecular flexibility index (Phi) is 5.91. The van der Waals surface area contributed by atoms with E-state index >= 15 is 0 Å². The number of ether oxygens (including phenoxy) is 2. The second kappa shape index (κ2) is 8.37. The van der Waals surface area contributed by atoms with Crippen LogP contribution >= 0.6 is 23.4 Å². The van der Waals surface area contributed by atoms with Gasteiger partial charge in [0.2, 0.25) is 0 Å². The summed E-state index contributed by atoms with van der Waals surface area (Å²) in [7, 11) is 1.42. The maximum absolute atomic E-state index is 12.7. The van der Waals surface area contributed by atoms with Gasteiger partial charge in [-0.15, -0.1) is 0 Å². The molecular formula is C19H14ClNO6S. The van der Waals surface area contributed by atoms with Crippen LogP contribution in [0.5, 0.6) is 11.5 Å². The molecule has 9 heteroatoms. The van der Waals surface area contributed by atoms with Crippen molar-refractivity contribution < 1.29 is 29.0 Å². The number of carbonyl (C=O) groups excluding carboxylic acids is 2. The summed E-state index contributed by atoms with van der Waals surface area (Å²) in [5, 5.41) is 8.71. The average Bonchev–Trinajstić information content (AvgIpc) is 2.93. The minimum absolute atomic E-state index is 0.242. The molecule has 2 aromatic rings. The van der Waals surface area contributed by atoms with E-state index in [0.717, 1.165) is 16.7 Å². The van der Waals surface area contributed by atoms with Gasteiger partial charge in [-0.2, -0.15) is 0 Å². The number of hydrogen-bond acceptors (Lipinski definition) is 6. The van der Waals surface area contributed by atoms with E-state index in [1.165, 1.54) is 13.2 Å². The summed E-state index contributed by atoms with van der Waals surface area (Å²) in [6, 6.07) is 11.2. The number of carboxylic acid groups (broad SMARTS) is 1. The maximum Gasteiger partial charge on any atom is 0.341 e. The van der Waals surface area contributed by atoms with Gasteiger partial charge in [0, 0.05) is 5.02 Å². The minimum Gasteiger partial charge on any atom is -0.493 e. The van der Waals surface area contributed by atoms with Gasteiger partial charge in [0.25, 0.3) is 11.1 Å². The number of anilines is 1. The number of imide groups is 1. The first kappa shape index (κ1) is 19.8. The Morgan fingerprint density at radius 1 is 1.21 bits per heavy atom. The van der Waals surface area contributed by atoms with Crippen LogP contribution in [0.3, 0.4) is 0 Å². The first-order valence-corrected chi connectivity index (χ1v) is 9.14. The average molecular weight is 420 g/mol. The van der Waals surface area contributed by atoms with Crippen LogP contribution in [0.4, 0.5) is 10.5 Å². The first-order chi connectivity index (χ1) is 13.4. The van der Waals surface area contributed by atoms with Gasteiger partial charge in [-0.05, 0) is 53.7 Å². The molecule has 1 fully saturated rings. The number of carboxylic acids is 1. The van der Waals surface area contributed by atoms with Crippen molar-refractivity contribution in [3.05, 3.63) is 58.0 Å². The highest BCUT2D eigenvalue weighted by Gasteiger charge is 2.36.